The zero-order valence-corrected chi connectivity index (χ0v) is 13.8. The Kier molecular flexibility index (Phi) is 4.51. The van der Waals surface area contributed by atoms with Crippen LogP contribution in [0.4, 0.5) is 0 Å². The van der Waals surface area contributed by atoms with Gasteiger partial charge < -0.3 is 5.32 Å². The van der Waals surface area contributed by atoms with Crippen LogP contribution in [0, 0.1) is 0 Å². The van der Waals surface area contributed by atoms with Crippen LogP contribution in [0.25, 0.3) is 10.9 Å². The molecule has 0 bridgehead atoms. The fraction of sp³-hybridized carbons (Fsp3) is 0.375. The SMILES string of the molecule is CC(C)(C)S(=O)(=O)CCNC(=O)c1ccc2ccccc2n1. The molecule has 0 unspecified atom stereocenters. The van der Waals surface area contributed by atoms with E-state index in [0.717, 1.165) is 10.9 Å². The van der Waals surface area contributed by atoms with Gasteiger partial charge >= 0.3 is 0 Å². The molecular weight excluding hydrogens is 300 g/mol. The van der Waals surface area contributed by atoms with Gasteiger partial charge in [0.2, 0.25) is 0 Å². The number of carbonyl (C=O) groups excluding carboxylic acids is 1. The van der Waals surface area contributed by atoms with E-state index in [1.54, 1.807) is 26.8 Å². The van der Waals surface area contributed by atoms with E-state index in [1.807, 2.05) is 30.3 Å². The Morgan fingerprint density at radius 2 is 1.82 bits per heavy atom. The summed E-state index contributed by atoms with van der Waals surface area (Å²) in [5, 5.41) is 3.56. The molecule has 1 heterocycles. The first-order valence-electron chi connectivity index (χ1n) is 7.07. The molecule has 0 aliphatic rings. The molecule has 1 N–H and O–H groups in total. The Labute approximate surface area is 130 Å². The topological polar surface area (TPSA) is 76.1 Å². The number of amides is 1. The summed E-state index contributed by atoms with van der Waals surface area (Å²) >= 11 is 0. The van der Waals surface area contributed by atoms with E-state index in [0.29, 0.717) is 0 Å². The van der Waals surface area contributed by atoms with Crippen molar-refractivity contribution in [1.29, 1.82) is 0 Å². The van der Waals surface area contributed by atoms with Crippen LogP contribution in [0.2, 0.25) is 0 Å². The van der Waals surface area contributed by atoms with Crippen LogP contribution in [-0.4, -0.2) is 36.4 Å². The number of aromatic nitrogens is 1. The van der Waals surface area contributed by atoms with Gasteiger partial charge in [0.05, 0.1) is 16.0 Å². The van der Waals surface area contributed by atoms with E-state index in [2.05, 4.69) is 10.3 Å². The van der Waals surface area contributed by atoms with Crippen molar-refractivity contribution in [3.63, 3.8) is 0 Å². The number of sulfone groups is 1. The molecule has 22 heavy (non-hydrogen) atoms. The van der Waals surface area contributed by atoms with Gasteiger partial charge in [0, 0.05) is 11.9 Å². The molecule has 2 aromatic rings. The van der Waals surface area contributed by atoms with Crippen LogP contribution >= 0.6 is 0 Å². The second-order valence-corrected chi connectivity index (χ2v) is 8.94. The molecule has 6 heteroatoms. The van der Waals surface area contributed by atoms with Gasteiger partial charge in [-0.05, 0) is 32.9 Å². The minimum Gasteiger partial charge on any atom is -0.350 e. The van der Waals surface area contributed by atoms with Gasteiger partial charge in [-0.2, -0.15) is 0 Å². The molecule has 0 radical (unpaired) electrons. The number of rotatable bonds is 4. The van der Waals surface area contributed by atoms with Crippen molar-refractivity contribution >= 4 is 26.6 Å². The highest BCUT2D eigenvalue weighted by molar-refractivity contribution is 7.92. The molecule has 0 saturated carbocycles. The highest BCUT2D eigenvalue weighted by Gasteiger charge is 2.28. The first-order chi connectivity index (χ1) is 10.2. The van der Waals surface area contributed by atoms with Crippen molar-refractivity contribution in [2.24, 2.45) is 0 Å². The predicted molar refractivity (Wildman–Crippen MR) is 87.6 cm³/mol. The molecule has 0 aliphatic heterocycles. The van der Waals surface area contributed by atoms with Gasteiger partial charge in [-0.25, -0.2) is 13.4 Å². The molecule has 118 valence electrons. The number of nitrogens with one attached hydrogen (secondary N) is 1. The molecule has 2 rings (SSSR count). The fourth-order valence-electron chi connectivity index (χ4n) is 1.89. The van der Waals surface area contributed by atoms with E-state index in [9.17, 15) is 13.2 Å². The maximum absolute atomic E-state index is 12.1. The molecule has 0 atom stereocenters. The van der Waals surface area contributed by atoms with Gasteiger partial charge in [0.15, 0.2) is 9.84 Å². The van der Waals surface area contributed by atoms with Gasteiger partial charge in [0.25, 0.3) is 5.91 Å². The van der Waals surface area contributed by atoms with E-state index in [-0.39, 0.29) is 23.9 Å². The summed E-state index contributed by atoms with van der Waals surface area (Å²) in [4.78, 5) is 16.3. The Balaban J connectivity index is 2.03. The number of fused-ring (bicyclic) bond motifs is 1. The van der Waals surface area contributed by atoms with Crippen LogP contribution in [0.15, 0.2) is 36.4 Å². The van der Waals surface area contributed by atoms with Crippen molar-refractivity contribution in [2.75, 3.05) is 12.3 Å². The fourth-order valence-corrected chi connectivity index (χ4v) is 2.87. The first-order valence-corrected chi connectivity index (χ1v) is 8.72. The standard InChI is InChI=1S/C16H20N2O3S/c1-16(2,3)22(20,21)11-10-17-15(19)14-9-8-12-6-4-5-7-13(12)18-14/h4-9H,10-11H2,1-3H3,(H,17,19). The maximum atomic E-state index is 12.1. The van der Waals surface area contributed by atoms with Crippen molar-refractivity contribution in [3.05, 3.63) is 42.1 Å². The molecule has 0 fully saturated rings. The van der Waals surface area contributed by atoms with E-state index < -0.39 is 14.6 Å². The lowest BCUT2D eigenvalue weighted by molar-refractivity contribution is 0.0951. The number of hydrogen-bond donors (Lipinski definition) is 1. The Morgan fingerprint density at radius 3 is 2.50 bits per heavy atom. The quantitative estimate of drug-likeness (QED) is 0.937. The Morgan fingerprint density at radius 1 is 1.14 bits per heavy atom. The molecule has 5 nitrogen and oxygen atoms in total. The van der Waals surface area contributed by atoms with Crippen LogP contribution in [0.1, 0.15) is 31.3 Å². The lowest BCUT2D eigenvalue weighted by atomic mass is 10.2. The monoisotopic (exact) mass is 320 g/mol. The van der Waals surface area contributed by atoms with Gasteiger partial charge in [-0.3, -0.25) is 4.79 Å². The predicted octanol–water partition coefficient (Wildman–Crippen LogP) is 2.18. The molecule has 0 saturated heterocycles. The highest BCUT2D eigenvalue weighted by atomic mass is 32.2. The maximum Gasteiger partial charge on any atom is 0.269 e. The minimum absolute atomic E-state index is 0.0763. The summed E-state index contributed by atoms with van der Waals surface area (Å²) in [6.07, 6.45) is 0. The summed E-state index contributed by atoms with van der Waals surface area (Å²) in [7, 11) is -3.25. The normalized spacial score (nSPS) is 12.3. The number of pyridine rings is 1. The van der Waals surface area contributed by atoms with Crippen LogP contribution in [0.5, 0.6) is 0 Å². The third-order valence-electron chi connectivity index (χ3n) is 3.42. The third kappa shape index (κ3) is 3.62. The molecule has 0 aliphatic carbocycles. The van der Waals surface area contributed by atoms with E-state index in [4.69, 9.17) is 0 Å². The van der Waals surface area contributed by atoms with E-state index in [1.165, 1.54) is 0 Å². The molecule has 1 aromatic carbocycles. The molecule has 1 aromatic heterocycles. The summed E-state index contributed by atoms with van der Waals surface area (Å²) < 4.78 is 23.1. The summed E-state index contributed by atoms with van der Waals surface area (Å²) in [6.45, 7) is 5.02. The Hall–Kier alpha value is -1.95. The number of nitrogens with zero attached hydrogens (tertiary/aromatic N) is 1. The number of para-hydroxylation sites is 1. The minimum atomic E-state index is -3.25. The smallest absolute Gasteiger partial charge is 0.269 e. The zero-order valence-electron chi connectivity index (χ0n) is 13.0. The second-order valence-electron chi connectivity index (χ2n) is 6.08. The number of benzene rings is 1. The number of hydrogen-bond acceptors (Lipinski definition) is 4. The lowest BCUT2D eigenvalue weighted by Gasteiger charge is -2.19. The summed E-state index contributed by atoms with van der Waals surface area (Å²) in [6, 6.07) is 11.0. The van der Waals surface area contributed by atoms with Crippen molar-refractivity contribution in [3.8, 4) is 0 Å². The highest BCUT2D eigenvalue weighted by Crippen LogP contribution is 2.15. The summed E-state index contributed by atoms with van der Waals surface area (Å²) in [5.74, 6) is -0.453. The van der Waals surface area contributed by atoms with Crippen molar-refractivity contribution in [1.82, 2.24) is 10.3 Å². The zero-order chi connectivity index (χ0) is 16.4. The Bertz CT molecular complexity index is 792. The first kappa shape index (κ1) is 16.4. The average Bonchev–Trinajstić information content (AvgIpc) is 2.45. The van der Waals surface area contributed by atoms with Crippen LogP contribution in [-0.2, 0) is 9.84 Å². The van der Waals surface area contributed by atoms with Gasteiger partial charge in [0.1, 0.15) is 5.69 Å². The third-order valence-corrected chi connectivity index (χ3v) is 6.03. The number of carbonyl (C=O) groups is 1. The summed E-state index contributed by atoms with van der Waals surface area (Å²) in [5.41, 5.74) is 1.02. The van der Waals surface area contributed by atoms with Crippen molar-refractivity contribution in [2.45, 2.75) is 25.5 Å². The largest absolute Gasteiger partial charge is 0.350 e. The molecular formula is C16H20N2O3S. The molecule has 1 amide bonds. The van der Waals surface area contributed by atoms with Gasteiger partial charge in [-0.15, -0.1) is 0 Å². The van der Waals surface area contributed by atoms with Gasteiger partial charge in [-0.1, -0.05) is 24.3 Å². The average molecular weight is 320 g/mol. The second kappa shape index (κ2) is 6.04. The molecule has 0 spiro atoms. The van der Waals surface area contributed by atoms with E-state index >= 15 is 0 Å². The lowest BCUT2D eigenvalue weighted by Crippen LogP contribution is -2.36. The van der Waals surface area contributed by atoms with Crippen LogP contribution in [0.3, 0.4) is 0 Å². The van der Waals surface area contributed by atoms with Crippen molar-refractivity contribution < 1.29 is 13.2 Å². The van der Waals surface area contributed by atoms with Crippen LogP contribution < -0.4 is 5.32 Å².